The summed E-state index contributed by atoms with van der Waals surface area (Å²) in [4.78, 5) is 24.4. The number of H-pyrrole nitrogens is 1. The van der Waals surface area contributed by atoms with Gasteiger partial charge in [-0.2, -0.15) is 4.98 Å². The van der Waals surface area contributed by atoms with E-state index < -0.39 is 0 Å². The van der Waals surface area contributed by atoms with E-state index in [1.165, 1.54) is 11.1 Å². The van der Waals surface area contributed by atoms with Gasteiger partial charge in [0.2, 0.25) is 5.95 Å². The van der Waals surface area contributed by atoms with Gasteiger partial charge in [-0.15, -0.1) is 0 Å². The Hall–Kier alpha value is -2.34. The van der Waals surface area contributed by atoms with Crippen molar-refractivity contribution >= 4 is 11.8 Å². The quantitative estimate of drug-likeness (QED) is 0.911. The first kappa shape index (κ1) is 17.1. The van der Waals surface area contributed by atoms with Crippen LogP contribution < -0.4 is 15.4 Å². The topological polar surface area (TPSA) is 61.5 Å². The third-order valence-electron chi connectivity index (χ3n) is 5.29. The smallest absolute Gasteiger partial charge is 0.254 e. The lowest BCUT2D eigenvalue weighted by molar-refractivity contribution is 0.122. The highest BCUT2D eigenvalue weighted by molar-refractivity contribution is 5.45. The summed E-state index contributed by atoms with van der Waals surface area (Å²) in [5.74, 6) is 1.46. The predicted molar refractivity (Wildman–Crippen MR) is 103 cm³/mol. The minimum Gasteiger partial charge on any atom is -0.378 e. The van der Waals surface area contributed by atoms with E-state index >= 15 is 0 Å². The second-order valence-corrected chi connectivity index (χ2v) is 7.21. The maximum Gasteiger partial charge on any atom is 0.254 e. The van der Waals surface area contributed by atoms with E-state index in [4.69, 9.17) is 9.72 Å². The number of anilines is 2. The molecule has 138 valence electrons. The van der Waals surface area contributed by atoms with E-state index in [0.717, 1.165) is 44.7 Å². The Labute approximate surface area is 153 Å². The van der Waals surface area contributed by atoms with Crippen molar-refractivity contribution in [3.05, 3.63) is 51.8 Å². The number of hydrogen-bond donors (Lipinski definition) is 1. The molecule has 2 saturated heterocycles. The number of benzene rings is 1. The van der Waals surface area contributed by atoms with Crippen LogP contribution in [0.5, 0.6) is 0 Å². The van der Waals surface area contributed by atoms with Gasteiger partial charge in [0, 0.05) is 31.7 Å². The molecule has 3 heterocycles. The van der Waals surface area contributed by atoms with Crippen LogP contribution in [0.3, 0.4) is 0 Å². The second kappa shape index (κ2) is 7.50. The fourth-order valence-corrected chi connectivity index (χ4v) is 3.85. The molecule has 6 nitrogen and oxygen atoms in total. The Balaban J connectivity index is 1.56. The number of aromatic amines is 1. The summed E-state index contributed by atoms with van der Waals surface area (Å²) >= 11 is 0. The van der Waals surface area contributed by atoms with Gasteiger partial charge in [0.1, 0.15) is 5.82 Å². The Morgan fingerprint density at radius 3 is 2.73 bits per heavy atom. The molecular formula is C20H26N4O2. The predicted octanol–water partition coefficient (Wildman–Crippen LogP) is 2.13. The zero-order valence-electron chi connectivity index (χ0n) is 15.3. The van der Waals surface area contributed by atoms with Gasteiger partial charge in [-0.25, -0.2) is 0 Å². The van der Waals surface area contributed by atoms with Crippen LogP contribution in [-0.4, -0.2) is 48.9 Å². The summed E-state index contributed by atoms with van der Waals surface area (Å²) in [6.45, 7) is 5.97. The lowest BCUT2D eigenvalue weighted by Gasteiger charge is -2.30. The summed E-state index contributed by atoms with van der Waals surface area (Å²) < 4.78 is 5.41. The summed E-state index contributed by atoms with van der Waals surface area (Å²) in [6, 6.07) is 10.7. The number of nitrogens with one attached hydrogen (secondary N) is 1. The highest BCUT2D eigenvalue weighted by Gasteiger charge is 2.27. The van der Waals surface area contributed by atoms with Crippen LogP contribution in [0.4, 0.5) is 11.8 Å². The van der Waals surface area contributed by atoms with Crippen molar-refractivity contribution < 1.29 is 4.74 Å². The highest BCUT2D eigenvalue weighted by Crippen LogP contribution is 2.26. The summed E-state index contributed by atoms with van der Waals surface area (Å²) in [7, 11) is 0. The minimum atomic E-state index is -0.0857. The fourth-order valence-electron chi connectivity index (χ4n) is 3.85. The van der Waals surface area contributed by atoms with E-state index in [1.54, 1.807) is 6.07 Å². The first-order valence-corrected chi connectivity index (χ1v) is 9.45. The van der Waals surface area contributed by atoms with Gasteiger partial charge >= 0.3 is 0 Å². The van der Waals surface area contributed by atoms with Crippen LogP contribution >= 0.6 is 0 Å². The number of ether oxygens (including phenoxy) is 1. The van der Waals surface area contributed by atoms with E-state index in [-0.39, 0.29) is 5.56 Å². The van der Waals surface area contributed by atoms with Crippen molar-refractivity contribution in [1.29, 1.82) is 0 Å². The Morgan fingerprint density at radius 2 is 1.96 bits per heavy atom. The van der Waals surface area contributed by atoms with Crippen molar-refractivity contribution in [3.63, 3.8) is 0 Å². The monoisotopic (exact) mass is 354 g/mol. The molecule has 6 heteroatoms. The molecule has 26 heavy (non-hydrogen) atoms. The molecule has 2 aromatic rings. The van der Waals surface area contributed by atoms with E-state index in [1.807, 2.05) is 0 Å². The summed E-state index contributed by atoms with van der Waals surface area (Å²) in [5, 5.41) is 0. The Bertz CT molecular complexity index is 796. The van der Waals surface area contributed by atoms with E-state index in [9.17, 15) is 4.79 Å². The average Bonchev–Trinajstić information content (AvgIpc) is 3.12. The van der Waals surface area contributed by atoms with Gasteiger partial charge in [0.15, 0.2) is 0 Å². The highest BCUT2D eigenvalue weighted by atomic mass is 16.5. The Kier molecular flexibility index (Phi) is 4.93. The normalized spacial score (nSPS) is 20.6. The molecule has 2 aliphatic rings. The molecule has 1 aromatic heterocycles. The number of aryl methyl sites for hydroxylation is 1. The largest absolute Gasteiger partial charge is 0.378 e. The molecule has 1 aromatic carbocycles. The van der Waals surface area contributed by atoms with Crippen molar-refractivity contribution in [2.75, 3.05) is 42.6 Å². The lowest BCUT2D eigenvalue weighted by atomic mass is 10.0. The van der Waals surface area contributed by atoms with Crippen molar-refractivity contribution in [2.45, 2.75) is 32.2 Å². The summed E-state index contributed by atoms with van der Waals surface area (Å²) in [6.07, 6.45) is 3.23. The van der Waals surface area contributed by atoms with Gasteiger partial charge < -0.3 is 14.5 Å². The van der Waals surface area contributed by atoms with Crippen LogP contribution in [-0.2, 0) is 11.2 Å². The molecule has 0 unspecified atom stereocenters. The van der Waals surface area contributed by atoms with Crippen LogP contribution in [0.2, 0.25) is 0 Å². The first-order valence-electron chi connectivity index (χ1n) is 9.45. The third-order valence-corrected chi connectivity index (χ3v) is 5.29. The molecule has 1 atom stereocenters. The molecule has 0 amide bonds. The Morgan fingerprint density at radius 1 is 1.19 bits per heavy atom. The molecule has 4 rings (SSSR count). The fraction of sp³-hybridized carbons (Fsp3) is 0.500. The van der Waals surface area contributed by atoms with Gasteiger partial charge in [0.25, 0.3) is 5.56 Å². The average molecular weight is 354 g/mol. The lowest BCUT2D eigenvalue weighted by Crippen LogP contribution is -2.39. The van der Waals surface area contributed by atoms with Crippen LogP contribution in [0.1, 0.15) is 24.0 Å². The van der Waals surface area contributed by atoms with Gasteiger partial charge in [-0.1, -0.05) is 29.8 Å². The molecule has 0 spiro atoms. The molecule has 2 fully saturated rings. The number of rotatable bonds is 4. The molecule has 0 aliphatic carbocycles. The zero-order chi connectivity index (χ0) is 17.9. The van der Waals surface area contributed by atoms with Crippen LogP contribution in [0, 0.1) is 6.92 Å². The molecule has 0 saturated carbocycles. The number of aromatic nitrogens is 2. The third kappa shape index (κ3) is 3.75. The second-order valence-electron chi connectivity index (χ2n) is 7.21. The number of nitrogens with zero attached hydrogens (tertiary/aromatic N) is 3. The maximum atomic E-state index is 12.2. The minimum absolute atomic E-state index is 0.0857. The molecular weight excluding hydrogens is 328 g/mol. The molecule has 2 aliphatic heterocycles. The number of hydrogen-bond acceptors (Lipinski definition) is 5. The molecule has 1 N–H and O–H groups in total. The van der Waals surface area contributed by atoms with Crippen LogP contribution in [0.15, 0.2) is 35.1 Å². The van der Waals surface area contributed by atoms with E-state index in [2.05, 4.69) is 46.0 Å². The molecule has 0 radical (unpaired) electrons. The van der Waals surface area contributed by atoms with E-state index in [0.29, 0.717) is 25.2 Å². The zero-order valence-corrected chi connectivity index (χ0v) is 15.3. The van der Waals surface area contributed by atoms with Crippen molar-refractivity contribution in [1.82, 2.24) is 9.97 Å². The number of morpholine rings is 1. The van der Waals surface area contributed by atoms with Gasteiger partial charge in [-0.3, -0.25) is 9.78 Å². The van der Waals surface area contributed by atoms with Crippen molar-refractivity contribution in [3.8, 4) is 0 Å². The van der Waals surface area contributed by atoms with Gasteiger partial charge in [-0.05, 0) is 31.7 Å². The summed E-state index contributed by atoms with van der Waals surface area (Å²) in [5.41, 5.74) is 2.53. The maximum absolute atomic E-state index is 12.2. The standard InChI is InChI=1S/C20H26N4O2/c1-15-4-6-16(7-5-15)13-17-3-2-8-24(17)20-21-18(14-19(25)22-20)23-9-11-26-12-10-23/h4-7,14,17H,2-3,8-13H2,1H3,(H,21,22,25)/t17-/m0/s1. The van der Waals surface area contributed by atoms with Gasteiger partial charge in [0.05, 0.1) is 13.2 Å². The SMILES string of the molecule is Cc1ccc(C[C@@H]2CCCN2c2nc(N3CCOCC3)cc(=O)[nH]2)cc1. The van der Waals surface area contributed by atoms with Crippen molar-refractivity contribution in [2.24, 2.45) is 0 Å². The molecule has 0 bridgehead atoms. The first-order chi connectivity index (χ1) is 12.7. The van der Waals surface area contributed by atoms with Crippen LogP contribution in [0.25, 0.3) is 0 Å².